The zero-order valence-corrected chi connectivity index (χ0v) is 12.9. The fraction of sp³-hybridized carbons (Fsp3) is 0.294. The summed E-state index contributed by atoms with van der Waals surface area (Å²) in [6, 6.07) is 7.85. The molecule has 0 spiro atoms. The minimum atomic E-state index is 0.0600. The van der Waals surface area contributed by atoms with E-state index in [0.29, 0.717) is 12.1 Å². The Hall–Kier alpha value is -2.76. The number of carbonyl (C=O) groups excluding carboxylic acids is 1. The summed E-state index contributed by atoms with van der Waals surface area (Å²) in [6.45, 7) is 3.42. The van der Waals surface area contributed by atoms with E-state index in [4.69, 9.17) is 0 Å². The largest absolute Gasteiger partial charge is 0.336 e. The summed E-state index contributed by atoms with van der Waals surface area (Å²) >= 11 is 0. The molecule has 1 saturated heterocycles. The van der Waals surface area contributed by atoms with Gasteiger partial charge >= 0.3 is 0 Å². The normalized spacial score (nSPS) is 17.8. The number of fused-ring (bicyclic) bond motifs is 1. The van der Waals surface area contributed by atoms with Gasteiger partial charge in [0.1, 0.15) is 0 Å². The third-order valence-electron chi connectivity index (χ3n) is 4.42. The third kappa shape index (κ3) is 2.46. The van der Waals surface area contributed by atoms with Crippen molar-refractivity contribution in [2.75, 3.05) is 13.1 Å². The van der Waals surface area contributed by atoms with Gasteiger partial charge in [-0.15, -0.1) is 0 Å². The number of aryl methyl sites for hydroxylation is 1. The number of amides is 1. The molecule has 3 aromatic rings. The van der Waals surface area contributed by atoms with Crippen LogP contribution in [0.15, 0.2) is 42.9 Å². The highest BCUT2D eigenvalue weighted by Gasteiger charge is 2.29. The Morgan fingerprint density at radius 2 is 2.00 bits per heavy atom. The number of hydrogen-bond acceptors (Lipinski definition) is 4. The minimum Gasteiger partial charge on any atom is -0.336 e. The second kappa shape index (κ2) is 5.46. The highest BCUT2D eigenvalue weighted by Crippen LogP contribution is 2.23. The number of nitrogens with zero attached hydrogens (tertiary/aromatic N) is 5. The van der Waals surface area contributed by atoms with Crippen LogP contribution in [0.4, 0.5) is 0 Å². The Morgan fingerprint density at radius 3 is 2.83 bits per heavy atom. The lowest BCUT2D eigenvalue weighted by molar-refractivity contribution is 0.0786. The molecule has 1 aliphatic rings. The van der Waals surface area contributed by atoms with Crippen molar-refractivity contribution in [3.63, 3.8) is 0 Å². The molecule has 1 atom stereocenters. The number of rotatable bonds is 2. The fourth-order valence-corrected chi connectivity index (χ4v) is 3.13. The van der Waals surface area contributed by atoms with Gasteiger partial charge in [-0.1, -0.05) is 0 Å². The molecule has 2 aromatic heterocycles. The summed E-state index contributed by atoms with van der Waals surface area (Å²) in [5.74, 6) is 0.0600. The molecule has 6 nitrogen and oxygen atoms in total. The summed E-state index contributed by atoms with van der Waals surface area (Å²) in [7, 11) is 0. The topological polar surface area (TPSA) is 63.9 Å². The van der Waals surface area contributed by atoms with E-state index in [1.165, 1.54) is 0 Å². The van der Waals surface area contributed by atoms with Crippen LogP contribution >= 0.6 is 0 Å². The molecule has 0 N–H and O–H groups in total. The van der Waals surface area contributed by atoms with Gasteiger partial charge in [0.25, 0.3) is 5.91 Å². The van der Waals surface area contributed by atoms with Crippen LogP contribution in [0.25, 0.3) is 10.9 Å². The fourth-order valence-electron chi connectivity index (χ4n) is 3.13. The maximum atomic E-state index is 12.8. The van der Waals surface area contributed by atoms with Gasteiger partial charge in [-0.2, -0.15) is 15.0 Å². The number of benzene rings is 1. The van der Waals surface area contributed by atoms with Crippen LogP contribution in [0.5, 0.6) is 0 Å². The molecule has 23 heavy (non-hydrogen) atoms. The van der Waals surface area contributed by atoms with Crippen LogP contribution in [0.2, 0.25) is 0 Å². The van der Waals surface area contributed by atoms with Crippen molar-refractivity contribution in [2.45, 2.75) is 19.4 Å². The van der Waals surface area contributed by atoms with Crippen LogP contribution in [0.1, 0.15) is 28.4 Å². The Labute approximate surface area is 133 Å². The quantitative estimate of drug-likeness (QED) is 0.728. The van der Waals surface area contributed by atoms with Crippen LogP contribution < -0.4 is 0 Å². The molecule has 6 heteroatoms. The molecular weight excluding hydrogens is 290 g/mol. The van der Waals surface area contributed by atoms with E-state index in [0.717, 1.165) is 29.4 Å². The van der Waals surface area contributed by atoms with E-state index in [2.05, 4.69) is 15.2 Å². The minimum absolute atomic E-state index is 0.0600. The molecule has 1 amide bonds. The zero-order valence-electron chi connectivity index (χ0n) is 12.9. The van der Waals surface area contributed by atoms with Gasteiger partial charge in [0.2, 0.25) is 0 Å². The lowest BCUT2D eigenvalue weighted by atomic mass is 10.1. The summed E-state index contributed by atoms with van der Waals surface area (Å²) in [4.78, 5) is 20.7. The molecule has 1 unspecified atom stereocenters. The van der Waals surface area contributed by atoms with E-state index in [9.17, 15) is 4.79 Å². The van der Waals surface area contributed by atoms with Gasteiger partial charge in [0.15, 0.2) is 0 Å². The smallest absolute Gasteiger partial charge is 0.253 e. The van der Waals surface area contributed by atoms with Gasteiger partial charge in [0.05, 0.1) is 24.0 Å². The lowest BCUT2D eigenvalue weighted by Crippen LogP contribution is -2.29. The summed E-state index contributed by atoms with van der Waals surface area (Å²) in [5.41, 5.74) is 2.76. The molecule has 1 aliphatic heterocycles. The van der Waals surface area contributed by atoms with E-state index in [-0.39, 0.29) is 11.9 Å². The molecular formula is C17H17N5O. The van der Waals surface area contributed by atoms with Crippen molar-refractivity contribution in [3.05, 3.63) is 54.0 Å². The highest BCUT2D eigenvalue weighted by atomic mass is 16.2. The number of hydrogen-bond donors (Lipinski definition) is 0. The van der Waals surface area contributed by atoms with Crippen molar-refractivity contribution >= 4 is 16.8 Å². The highest BCUT2D eigenvalue weighted by molar-refractivity contribution is 5.98. The molecule has 0 aliphatic carbocycles. The second-order valence-corrected chi connectivity index (χ2v) is 5.90. The van der Waals surface area contributed by atoms with Crippen LogP contribution in [-0.4, -0.2) is 43.9 Å². The van der Waals surface area contributed by atoms with Crippen molar-refractivity contribution in [1.82, 2.24) is 24.9 Å². The van der Waals surface area contributed by atoms with Crippen molar-refractivity contribution in [2.24, 2.45) is 0 Å². The standard InChI is InChI=1S/C17H17N5O/c1-12-4-6-18-16-3-2-13(10-15(12)16)17(23)21-9-5-14(11-21)22-19-7-8-20-22/h2-4,6-8,10,14H,5,9,11H2,1H3. The molecule has 4 rings (SSSR count). The van der Waals surface area contributed by atoms with E-state index >= 15 is 0 Å². The Morgan fingerprint density at radius 1 is 1.17 bits per heavy atom. The second-order valence-electron chi connectivity index (χ2n) is 5.90. The van der Waals surface area contributed by atoms with E-state index < -0.39 is 0 Å². The molecule has 3 heterocycles. The van der Waals surface area contributed by atoms with Gasteiger partial charge in [-0.3, -0.25) is 9.78 Å². The van der Waals surface area contributed by atoms with Crippen molar-refractivity contribution in [1.29, 1.82) is 0 Å². The first-order chi connectivity index (χ1) is 11.2. The van der Waals surface area contributed by atoms with E-state index in [1.807, 2.05) is 36.1 Å². The zero-order chi connectivity index (χ0) is 15.8. The first-order valence-corrected chi connectivity index (χ1v) is 7.73. The Kier molecular flexibility index (Phi) is 3.29. The molecule has 0 radical (unpaired) electrons. The number of carbonyl (C=O) groups is 1. The molecule has 116 valence electrons. The van der Waals surface area contributed by atoms with Crippen LogP contribution in [-0.2, 0) is 0 Å². The lowest BCUT2D eigenvalue weighted by Gasteiger charge is -2.17. The third-order valence-corrected chi connectivity index (χ3v) is 4.42. The Bertz CT molecular complexity index is 859. The van der Waals surface area contributed by atoms with Gasteiger partial charge in [0, 0.05) is 30.2 Å². The average molecular weight is 307 g/mol. The van der Waals surface area contributed by atoms with Gasteiger partial charge in [-0.25, -0.2) is 0 Å². The number of likely N-dealkylation sites (tertiary alicyclic amines) is 1. The Balaban J connectivity index is 1.59. The van der Waals surface area contributed by atoms with Crippen LogP contribution in [0.3, 0.4) is 0 Å². The monoisotopic (exact) mass is 307 g/mol. The van der Waals surface area contributed by atoms with Gasteiger partial charge < -0.3 is 4.90 Å². The predicted molar refractivity (Wildman–Crippen MR) is 86.1 cm³/mol. The average Bonchev–Trinajstić information content (AvgIpc) is 3.25. The van der Waals surface area contributed by atoms with Crippen LogP contribution in [0, 0.1) is 6.92 Å². The van der Waals surface area contributed by atoms with E-state index in [1.54, 1.807) is 23.4 Å². The SMILES string of the molecule is Cc1ccnc2ccc(C(=O)N3CCC(n4nccn4)C3)cc12. The number of aromatic nitrogens is 4. The predicted octanol–water partition coefficient (Wildman–Crippen LogP) is 2.22. The molecule has 0 bridgehead atoms. The molecule has 1 fully saturated rings. The van der Waals surface area contributed by atoms with Crippen molar-refractivity contribution < 1.29 is 4.79 Å². The maximum Gasteiger partial charge on any atom is 0.253 e. The summed E-state index contributed by atoms with van der Waals surface area (Å²) < 4.78 is 0. The van der Waals surface area contributed by atoms with Crippen molar-refractivity contribution in [3.8, 4) is 0 Å². The van der Waals surface area contributed by atoms with Gasteiger partial charge in [-0.05, 0) is 43.2 Å². The summed E-state index contributed by atoms with van der Waals surface area (Å²) in [5, 5.41) is 9.38. The first-order valence-electron chi connectivity index (χ1n) is 7.73. The first kappa shape index (κ1) is 13.9. The molecule has 1 aromatic carbocycles. The summed E-state index contributed by atoms with van der Waals surface area (Å²) in [6.07, 6.45) is 6.02. The maximum absolute atomic E-state index is 12.8. The molecule has 0 saturated carbocycles. The number of pyridine rings is 1.